The molecule has 1 aliphatic rings. The van der Waals surface area contributed by atoms with Crippen LogP contribution in [-0.4, -0.2) is 14.5 Å². The number of nitrogens with two attached hydrogens (primary N) is 1. The molecule has 0 amide bonds. The summed E-state index contributed by atoms with van der Waals surface area (Å²) in [5, 5.41) is 0. The molecular formula is C11H17N3O2S. The second kappa shape index (κ2) is 5.03. The van der Waals surface area contributed by atoms with Crippen LogP contribution in [0.3, 0.4) is 0 Å². The number of anilines is 1. The zero-order chi connectivity index (χ0) is 12.3. The highest BCUT2D eigenvalue weighted by Gasteiger charge is 2.22. The van der Waals surface area contributed by atoms with Gasteiger partial charge in [-0.1, -0.05) is 12.8 Å². The van der Waals surface area contributed by atoms with Crippen molar-refractivity contribution in [1.29, 1.82) is 0 Å². The number of benzene rings is 1. The average molecular weight is 255 g/mol. The Bertz CT molecular complexity index is 464. The molecule has 94 valence electrons. The topological polar surface area (TPSA) is 84.2 Å². The number of nitrogen functional groups attached to an aromatic ring is 1. The summed E-state index contributed by atoms with van der Waals surface area (Å²) >= 11 is 0. The minimum absolute atomic E-state index is 0.0901. The van der Waals surface area contributed by atoms with Crippen LogP contribution in [0.5, 0.6) is 0 Å². The molecule has 1 aromatic carbocycles. The number of sulfonamides is 1. The van der Waals surface area contributed by atoms with Crippen molar-refractivity contribution in [3.63, 3.8) is 0 Å². The minimum atomic E-state index is -3.39. The molecule has 2 rings (SSSR count). The van der Waals surface area contributed by atoms with Gasteiger partial charge in [0.2, 0.25) is 10.0 Å². The van der Waals surface area contributed by atoms with Gasteiger partial charge in [-0.15, -0.1) is 0 Å². The SMILES string of the molecule is NNc1ccc(S(=O)(=O)NC2CCCC2)cc1. The Morgan fingerprint density at radius 3 is 2.24 bits per heavy atom. The first-order chi connectivity index (χ1) is 8.12. The lowest BCUT2D eigenvalue weighted by Crippen LogP contribution is -2.32. The average Bonchev–Trinajstić information content (AvgIpc) is 2.81. The highest BCUT2D eigenvalue weighted by Crippen LogP contribution is 2.20. The largest absolute Gasteiger partial charge is 0.324 e. The van der Waals surface area contributed by atoms with Crippen LogP contribution < -0.4 is 16.0 Å². The van der Waals surface area contributed by atoms with Gasteiger partial charge in [-0.2, -0.15) is 0 Å². The molecule has 0 unspecified atom stereocenters. The Labute approximate surface area is 101 Å². The molecule has 5 nitrogen and oxygen atoms in total. The van der Waals surface area contributed by atoms with Gasteiger partial charge in [0.1, 0.15) is 0 Å². The van der Waals surface area contributed by atoms with Crippen LogP contribution in [0.2, 0.25) is 0 Å². The Balaban J connectivity index is 2.12. The quantitative estimate of drug-likeness (QED) is 0.557. The summed E-state index contributed by atoms with van der Waals surface area (Å²) in [7, 11) is -3.39. The van der Waals surface area contributed by atoms with E-state index in [1.54, 1.807) is 24.3 Å². The van der Waals surface area contributed by atoms with Crippen LogP contribution in [0.25, 0.3) is 0 Å². The third-order valence-corrected chi connectivity index (χ3v) is 4.54. The van der Waals surface area contributed by atoms with Gasteiger partial charge in [0.05, 0.1) is 4.90 Å². The fraction of sp³-hybridized carbons (Fsp3) is 0.455. The first-order valence-electron chi connectivity index (χ1n) is 5.71. The summed E-state index contributed by atoms with van der Waals surface area (Å²) in [4.78, 5) is 0.281. The summed E-state index contributed by atoms with van der Waals surface area (Å²) < 4.78 is 26.8. The first kappa shape index (κ1) is 12.3. The van der Waals surface area contributed by atoms with Crippen LogP contribution in [0.1, 0.15) is 25.7 Å². The molecule has 4 N–H and O–H groups in total. The van der Waals surface area contributed by atoms with E-state index >= 15 is 0 Å². The number of hydrogen-bond acceptors (Lipinski definition) is 4. The van der Waals surface area contributed by atoms with Crippen molar-refractivity contribution in [2.75, 3.05) is 5.43 Å². The molecule has 0 atom stereocenters. The van der Waals surface area contributed by atoms with E-state index < -0.39 is 10.0 Å². The Kier molecular flexibility index (Phi) is 3.66. The number of rotatable bonds is 4. The van der Waals surface area contributed by atoms with E-state index in [-0.39, 0.29) is 10.9 Å². The monoisotopic (exact) mass is 255 g/mol. The maximum absolute atomic E-state index is 12.0. The van der Waals surface area contributed by atoms with Crippen molar-refractivity contribution in [2.45, 2.75) is 36.6 Å². The molecular weight excluding hydrogens is 238 g/mol. The van der Waals surface area contributed by atoms with Crippen LogP contribution in [0.4, 0.5) is 5.69 Å². The van der Waals surface area contributed by atoms with Gasteiger partial charge in [-0.25, -0.2) is 13.1 Å². The molecule has 0 aromatic heterocycles. The molecule has 1 saturated carbocycles. The van der Waals surface area contributed by atoms with Crippen molar-refractivity contribution >= 4 is 15.7 Å². The van der Waals surface area contributed by atoms with E-state index in [1.807, 2.05) is 0 Å². The van der Waals surface area contributed by atoms with E-state index in [2.05, 4.69) is 10.1 Å². The maximum atomic E-state index is 12.0. The zero-order valence-corrected chi connectivity index (χ0v) is 10.3. The van der Waals surface area contributed by atoms with Crippen molar-refractivity contribution in [2.24, 2.45) is 5.84 Å². The number of hydrazine groups is 1. The summed E-state index contributed by atoms with van der Waals surface area (Å²) in [5.41, 5.74) is 3.15. The molecule has 0 bridgehead atoms. The standard InChI is InChI=1S/C11H17N3O2S/c12-13-9-5-7-11(8-6-9)17(15,16)14-10-3-1-2-4-10/h5-8,10,13-14H,1-4,12H2. The maximum Gasteiger partial charge on any atom is 0.240 e. The molecule has 0 heterocycles. The molecule has 0 spiro atoms. The van der Waals surface area contributed by atoms with Crippen LogP contribution in [0.15, 0.2) is 29.2 Å². The lowest BCUT2D eigenvalue weighted by atomic mass is 10.3. The highest BCUT2D eigenvalue weighted by atomic mass is 32.2. The zero-order valence-electron chi connectivity index (χ0n) is 9.52. The summed E-state index contributed by atoms with van der Waals surface area (Å²) in [6.45, 7) is 0. The van der Waals surface area contributed by atoms with Crippen molar-refractivity contribution in [3.8, 4) is 0 Å². The fourth-order valence-corrected chi connectivity index (χ4v) is 3.37. The molecule has 1 aromatic rings. The predicted molar refractivity (Wildman–Crippen MR) is 66.8 cm³/mol. The second-order valence-electron chi connectivity index (χ2n) is 4.27. The van der Waals surface area contributed by atoms with Gasteiger partial charge in [-0.05, 0) is 37.1 Å². The molecule has 1 fully saturated rings. The van der Waals surface area contributed by atoms with Crippen molar-refractivity contribution < 1.29 is 8.42 Å². The number of hydrogen-bond donors (Lipinski definition) is 3. The van der Waals surface area contributed by atoms with Gasteiger partial charge in [0.15, 0.2) is 0 Å². The van der Waals surface area contributed by atoms with E-state index in [0.717, 1.165) is 25.7 Å². The van der Waals surface area contributed by atoms with Crippen LogP contribution >= 0.6 is 0 Å². The van der Waals surface area contributed by atoms with Gasteiger partial charge in [0, 0.05) is 11.7 Å². The van der Waals surface area contributed by atoms with Gasteiger partial charge < -0.3 is 5.43 Å². The number of nitrogens with one attached hydrogen (secondary N) is 2. The van der Waals surface area contributed by atoms with Gasteiger partial charge in [0.25, 0.3) is 0 Å². The highest BCUT2D eigenvalue weighted by molar-refractivity contribution is 7.89. The second-order valence-corrected chi connectivity index (χ2v) is 5.99. The molecule has 17 heavy (non-hydrogen) atoms. The predicted octanol–water partition coefficient (Wildman–Crippen LogP) is 1.19. The Morgan fingerprint density at radius 2 is 1.71 bits per heavy atom. The van der Waals surface area contributed by atoms with Crippen LogP contribution in [-0.2, 0) is 10.0 Å². The Hall–Kier alpha value is -1.11. The molecule has 0 radical (unpaired) electrons. The van der Waals surface area contributed by atoms with E-state index in [1.165, 1.54) is 0 Å². The third kappa shape index (κ3) is 2.96. The molecule has 6 heteroatoms. The van der Waals surface area contributed by atoms with E-state index in [4.69, 9.17) is 5.84 Å². The van der Waals surface area contributed by atoms with Crippen LogP contribution in [0, 0.1) is 0 Å². The van der Waals surface area contributed by atoms with Crippen molar-refractivity contribution in [3.05, 3.63) is 24.3 Å². The van der Waals surface area contributed by atoms with Gasteiger partial charge >= 0.3 is 0 Å². The van der Waals surface area contributed by atoms with E-state index in [0.29, 0.717) is 5.69 Å². The summed E-state index contributed by atoms with van der Waals surface area (Å²) in [6, 6.07) is 6.47. The molecule has 0 aliphatic heterocycles. The minimum Gasteiger partial charge on any atom is -0.324 e. The summed E-state index contributed by atoms with van der Waals surface area (Å²) in [6.07, 6.45) is 4.07. The Morgan fingerprint density at radius 1 is 1.12 bits per heavy atom. The lowest BCUT2D eigenvalue weighted by molar-refractivity contribution is 0.552. The first-order valence-corrected chi connectivity index (χ1v) is 7.19. The fourth-order valence-electron chi connectivity index (χ4n) is 2.06. The lowest BCUT2D eigenvalue weighted by Gasteiger charge is -2.12. The third-order valence-electron chi connectivity index (χ3n) is 3.01. The van der Waals surface area contributed by atoms with Crippen molar-refractivity contribution in [1.82, 2.24) is 4.72 Å². The normalized spacial score (nSPS) is 17.2. The molecule has 1 aliphatic carbocycles. The van der Waals surface area contributed by atoms with E-state index in [9.17, 15) is 8.42 Å². The molecule has 0 saturated heterocycles. The smallest absolute Gasteiger partial charge is 0.240 e. The summed E-state index contributed by atoms with van der Waals surface area (Å²) in [5.74, 6) is 5.23. The van der Waals surface area contributed by atoms with Gasteiger partial charge in [-0.3, -0.25) is 5.84 Å².